The quantitative estimate of drug-likeness (QED) is 0.845. The van der Waals surface area contributed by atoms with Gasteiger partial charge < -0.3 is 15.2 Å². The first kappa shape index (κ1) is 17.5. The highest BCUT2D eigenvalue weighted by molar-refractivity contribution is 5.88. The molecule has 2 aromatic carbocycles. The minimum atomic E-state index is -1.21. The number of rotatable bonds is 5. The number of hydrogen-bond acceptors (Lipinski definition) is 3. The number of ether oxygens (including phenoxy) is 1. The minimum absolute atomic E-state index is 0.150. The normalized spacial score (nSPS) is 21.1. The molecular weight excluding hydrogens is 356 g/mol. The molecule has 7 heteroatoms. The zero-order chi connectivity index (χ0) is 19.1. The first-order chi connectivity index (χ1) is 12.9. The van der Waals surface area contributed by atoms with Crippen molar-refractivity contribution < 1.29 is 28.2 Å². The standard InChI is InChI=1S/C20H17F2NO4/c21-12-2-3-16(22)14(8-12)13-9-15(13)19(24)23-18(20(25)26)11-1-4-17-10(7-11)5-6-27-17/h1-4,7-8,13,15,18H,5-6,9H2,(H,23,24)(H,25,26). The second-order valence-corrected chi connectivity index (χ2v) is 6.86. The van der Waals surface area contributed by atoms with E-state index in [9.17, 15) is 23.5 Å². The second kappa shape index (κ2) is 6.64. The smallest absolute Gasteiger partial charge is 0.330 e. The Hall–Kier alpha value is -2.96. The molecule has 27 heavy (non-hydrogen) atoms. The van der Waals surface area contributed by atoms with Crippen molar-refractivity contribution >= 4 is 11.9 Å². The van der Waals surface area contributed by atoms with E-state index in [0.717, 1.165) is 29.5 Å². The van der Waals surface area contributed by atoms with Gasteiger partial charge in [-0.1, -0.05) is 6.07 Å². The van der Waals surface area contributed by atoms with E-state index < -0.39 is 41.4 Å². The monoisotopic (exact) mass is 373 g/mol. The van der Waals surface area contributed by atoms with Gasteiger partial charge in [-0.2, -0.15) is 0 Å². The average molecular weight is 373 g/mol. The van der Waals surface area contributed by atoms with Gasteiger partial charge in [0.15, 0.2) is 6.04 Å². The number of fused-ring (bicyclic) bond motifs is 1. The lowest BCUT2D eigenvalue weighted by Crippen LogP contribution is -2.35. The molecule has 1 fully saturated rings. The van der Waals surface area contributed by atoms with Crippen LogP contribution in [0.2, 0.25) is 0 Å². The van der Waals surface area contributed by atoms with Crippen LogP contribution in [-0.4, -0.2) is 23.6 Å². The summed E-state index contributed by atoms with van der Waals surface area (Å²) in [7, 11) is 0. The number of carboxylic acids is 1. The van der Waals surface area contributed by atoms with Gasteiger partial charge in [-0.3, -0.25) is 4.79 Å². The fraction of sp³-hybridized carbons (Fsp3) is 0.300. The third-order valence-corrected chi connectivity index (χ3v) is 5.07. The maximum atomic E-state index is 13.9. The van der Waals surface area contributed by atoms with Gasteiger partial charge in [0.05, 0.1) is 6.61 Å². The molecule has 2 N–H and O–H groups in total. The molecule has 2 aliphatic rings. The fourth-order valence-corrected chi connectivity index (χ4v) is 3.55. The number of carbonyl (C=O) groups excluding carboxylic acids is 1. The molecule has 0 spiro atoms. The van der Waals surface area contributed by atoms with E-state index in [-0.39, 0.29) is 5.56 Å². The van der Waals surface area contributed by atoms with Crippen molar-refractivity contribution in [2.24, 2.45) is 5.92 Å². The van der Waals surface area contributed by atoms with Gasteiger partial charge in [0.25, 0.3) is 0 Å². The fourth-order valence-electron chi connectivity index (χ4n) is 3.55. The van der Waals surface area contributed by atoms with E-state index in [2.05, 4.69) is 5.32 Å². The molecule has 1 amide bonds. The molecule has 5 nitrogen and oxygen atoms in total. The van der Waals surface area contributed by atoms with E-state index in [1.54, 1.807) is 18.2 Å². The van der Waals surface area contributed by atoms with Gasteiger partial charge in [0, 0.05) is 12.3 Å². The SMILES string of the molecule is O=C(O)C(NC(=O)C1CC1c1cc(F)ccc1F)c1ccc2c(c1)CCO2. The highest BCUT2D eigenvalue weighted by Gasteiger charge is 2.46. The lowest BCUT2D eigenvalue weighted by molar-refractivity contribution is -0.142. The van der Waals surface area contributed by atoms with E-state index >= 15 is 0 Å². The first-order valence-corrected chi connectivity index (χ1v) is 8.68. The van der Waals surface area contributed by atoms with E-state index in [4.69, 9.17) is 4.74 Å². The minimum Gasteiger partial charge on any atom is -0.493 e. The van der Waals surface area contributed by atoms with Crippen LogP contribution in [0.15, 0.2) is 36.4 Å². The number of nitrogens with one attached hydrogen (secondary N) is 1. The number of hydrogen-bond donors (Lipinski definition) is 2. The Balaban J connectivity index is 1.49. The van der Waals surface area contributed by atoms with Gasteiger partial charge in [-0.15, -0.1) is 0 Å². The number of halogens is 2. The maximum absolute atomic E-state index is 13.9. The maximum Gasteiger partial charge on any atom is 0.330 e. The Morgan fingerprint density at radius 1 is 1.19 bits per heavy atom. The second-order valence-electron chi connectivity index (χ2n) is 6.86. The molecule has 1 aliphatic heterocycles. The Kier molecular flexibility index (Phi) is 4.30. The largest absolute Gasteiger partial charge is 0.493 e. The Morgan fingerprint density at radius 2 is 2.00 bits per heavy atom. The predicted molar refractivity (Wildman–Crippen MR) is 91.4 cm³/mol. The van der Waals surface area contributed by atoms with E-state index in [1.165, 1.54) is 0 Å². The van der Waals surface area contributed by atoms with E-state index in [1.807, 2.05) is 0 Å². The summed E-state index contributed by atoms with van der Waals surface area (Å²) in [5, 5.41) is 12.1. The lowest BCUT2D eigenvalue weighted by atomic mass is 10.0. The van der Waals surface area contributed by atoms with Crippen molar-refractivity contribution in [2.45, 2.75) is 24.8 Å². The summed E-state index contributed by atoms with van der Waals surface area (Å²) in [5.74, 6) is -3.09. The van der Waals surface area contributed by atoms with Crippen LogP contribution in [0.4, 0.5) is 8.78 Å². The third kappa shape index (κ3) is 3.37. The summed E-state index contributed by atoms with van der Waals surface area (Å²) < 4.78 is 32.6. The topological polar surface area (TPSA) is 75.6 Å². The molecular formula is C20H17F2NO4. The molecule has 140 valence electrons. The molecule has 0 bridgehead atoms. The number of aliphatic carboxylic acids is 1. The molecule has 1 aliphatic carbocycles. The summed E-state index contributed by atoms with van der Waals surface area (Å²) >= 11 is 0. The molecule has 0 aromatic heterocycles. The molecule has 0 radical (unpaired) electrons. The van der Waals surface area contributed by atoms with Gasteiger partial charge >= 0.3 is 5.97 Å². The molecule has 3 atom stereocenters. The Morgan fingerprint density at radius 3 is 2.78 bits per heavy atom. The lowest BCUT2D eigenvalue weighted by Gasteiger charge is -2.16. The zero-order valence-corrected chi connectivity index (χ0v) is 14.2. The van der Waals surface area contributed by atoms with Gasteiger partial charge in [-0.05, 0) is 59.4 Å². The number of carboxylic acid groups (broad SMARTS) is 1. The van der Waals surface area contributed by atoms with Gasteiger partial charge in [0.1, 0.15) is 17.4 Å². The highest BCUT2D eigenvalue weighted by Crippen LogP contribution is 2.48. The van der Waals surface area contributed by atoms with Crippen LogP contribution >= 0.6 is 0 Å². The van der Waals surface area contributed by atoms with E-state index in [0.29, 0.717) is 25.0 Å². The molecule has 4 rings (SSSR count). The summed E-state index contributed by atoms with van der Waals surface area (Å²) in [6, 6.07) is 6.96. The molecule has 1 heterocycles. The third-order valence-electron chi connectivity index (χ3n) is 5.07. The van der Waals surface area contributed by atoms with Gasteiger partial charge in [0.2, 0.25) is 5.91 Å². The van der Waals surface area contributed by atoms with Crippen molar-refractivity contribution in [3.05, 3.63) is 64.7 Å². The van der Waals surface area contributed by atoms with Crippen molar-refractivity contribution in [1.82, 2.24) is 5.32 Å². The van der Waals surface area contributed by atoms with Crippen LogP contribution in [0, 0.1) is 17.6 Å². The number of carbonyl (C=O) groups is 2. The van der Waals surface area contributed by atoms with Crippen LogP contribution in [-0.2, 0) is 16.0 Å². The predicted octanol–water partition coefficient (Wildman–Crippen LogP) is 2.95. The highest BCUT2D eigenvalue weighted by atomic mass is 19.1. The Bertz CT molecular complexity index is 930. The van der Waals surface area contributed by atoms with Gasteiger partial charge in [-0.25, -0.2) is 13.6 Å². The van der Waals surface area contributed by atoms with Crippen molar-refractivity contribution in [2.75, 3.05) is 6.61 Å². The molecule has 3 unspecified atom stereocenters. The molecule has 1 saturated carbocycles. The molecule has 0 saturated heterocycles. The summed E-state index contributed by atoms with van der Waals surface area (Å²) in [5.41, 5.74) is 1.50. The van der Waals surface area contributed by atoms with Crippen LogP contribution in [0.5, 0.6) is 5.75 Å². The summed E-state index contributed by atoms with van der Waals surface area (Å²) in [4.78, 5) is 24.2. The summed E-state index contributed by atoms with van der Waals surface area (Å²) in [6.07, 6.45) is 1.05. The first-order valence-electron chi connectivity index (χ1n) is 8.68. The van der Waals surface area contributed by atoms with Crippen molar-refractivity contribution in [3.63, 3.8) is 0 Å². The van der Waals surface area contributed by atoms with Crippen LogP contribution in [0.3, 0.4) is 0 Å². The number of amides is 1. The van der Waals surface area contributed by atoms with Crippen LogP contribution in [0.25, 0.3) is 0 Å². The molecule has 2 aromatic rings. The summed E-state index contributed by atoms with van der Waals surface area (Å²) in [6.45, 7) is 0.547. The van der Waals surface area contributed by atoms with Crippen LogP contribution < -0.4 is 10.1 Å². The zero-order valence-electron chi connectivity index (χ0n) is 14.2. The Labute approximate surface area is 154 Å². The van der Waals surface area contributed by atoms with Crippen LogP contribution in [0.1, 0.15) is 35.1 Å². The van der Waals surface area contributed by atoms with Crippen molar-refractivity contribution in [3.8, 4) is 5.75 Å². The average Bonchev–Trinajstić information content (AvgIpc) is 3.30. The van der Waals surface area contributed by atoms with Crippen molar-refractivity contribution in [1.29, 1.82) is 0 Å². The number of benzene rings is 2.